The van der Waals surface area contributed by atoms with Gasteiger partial charge in [0.05, 0.1) is 10.6 Å². The number of rotatable bonds is 8. The summed E-state index contributed by atoms with van der Waals surface area (Å²) in [5.74, 6) is 2.22. The van der Waals surface area contributed by atoms with Crippen molar-refractivity contribution in [2.24, 2.45) is 5.92 Å². The minimum absolute atomic E-state index is 0.144. The van der Waals surface area contributed by atoms with E-state index in [4.69, 9.17) is 0 Å². The highest BCUT2D eigenvalue weighted by Crippen LogP contribution is 2.38. The van der Waals surface area contributed by atoms with Crippen molar-refractivity contribution >= 4 is 39.4 Å². The highest BCUT2D eigenvalue weighted by Gasteiger charge is 2.23. The maximum absolute atomic E-state index is 12.5. The van der Waals surface area contributed by atoms with Crippen LogP contribution in [-0.2, 0) is 31.6 Å². The van der Waals surface area contributed by atoms with Gasteiger partial charge in [-0.3, -0.25) is 9.36 Å². The van der Waals surface area contributed by atoms with Gasteiger partial charge in [-0.25, -0.2) is 4.98 Å². The first-order chi connectivity index (χ1) is 16.1. The molecule has 1 aliphatic carbocycles. The molecule has 5 rings (SSSR count). The zero-order valence-electron chi connectivity index (χ0n) is 18.8. The average molecular weight is 499 g/mol. The zero-order chi connectivity index (χ0) is 22.9. The van der Waals surface area contributed by atoms with E-state index < -0.39 is 0 Å². The van der Waals surface area contributed by atoms with Gasteiger partial charge in [0.25, 0.3) is 5.56 Å². The summed E-state index contributed by atoms with van der Waals surface area (Å²) in [4.78, 5) is 20.4. The molecule has 0 N–H and O–H groups in total. The summed E-state index contributed by atoms with van der Waals surface area (Å²) in [5, 5.41) is 15.1. The van der Waals surface area contributed by atoms with E-state index in [1.165, 1.54) is 50.4 Å². The Bertz CT molecular complexity index is 1360. The fourth-order valence-corrected chi connectivity index (χ4v) is 7.08. The maximum Gasteiger partial charge on any atom is 0.275 e. The monoisotopic (exact) mass is 498 g/mol. The number of fused-ring (bicyclic) bond motifs is 2. The Hall–Kier alpha value is -2.30. The third kappa shape index (κ3) is 4.43. The Morgan fingerprint density at radius 1 is 1.27 bits per heavy atom. The van der Waals surface area contributed by atoms with Gasteiger partial charge in [0.2, 0.25) is 4.96 Å². The lowest BCUT2D eigenvalue weighted by atomic mass is 9.87. The second-order valence-corrected chi connectivity index (χ2v) is 11.3. The van der Waals surface area contributed by atoms with Crippen molar-refractivity contribution in [3.05, 3.63) is 56.3 Å². The van der Waals surface area contributed by atoms with E-state index in [-0.39, 0.29) is 5.56 Å². The second kappa shape index (κ2) is 9.52. The van der Waals surface area contributed by atoms with Crippen LogP contribution in [0.5, 0.6) is 0 Å². The molecule has 33 heavy (non-hydrogen) atoms. The number of allylic oxidation sites excluding steroid dienone is 1. The molecule has 10 heteroatoms. The van der Waals surface area contributed by atoms with Crippen LogP contribution in [0, 0.1) is 5.92 Å². The molecule has 7 nitrogen and oxygen atoms in total. The third-order valence-corrected chi connectivity index (χ3v) is 9.29. The molecule has 0 spiro atoms. The first-order valence-corrected chi connectivity index (χ1v) is 13.9. The predicted molar refractivity (Wildman–Crippen MR) is 135 cm³/mol. The van der Waals surface area contributed by atoms with Crippen molar-refractivity contribution < 1.29 is 0 Å². The van der Waals surface area contributed by atoms with E-state index in [1.54, 1.807) is 17.8 Å². The van der Waals surface area contributed by atoms with Crippen LogP contribution in [0.2, 0.25) is 0 Å². The quantitative estimate of drug-likeness (QED) is 0.251. The minimum atomic E-state index is -0.144. The molecule has 0 radical (unpaired) electrons. The Kier molecular flexibility index (Phi) is 6.49. The standard InChI is InChI=1S/C23H26N6OS3/c1-4-9-28-21(18-11-15-10-14(5-2)7-8-17(15)32-18)25-26-23(28)31-13-16-12-20(30)29-22(24-16)33-19(6-3)27-29/h4,11-12,14H,1,5-10,13H2,2-3H3. The van der Waals surface area contributed by atoms with Crippen molar-refractivity contribution in [3.8, 4) is 10.7 Å². The second-order valence-electron chi connectivity index (χ2n) is 8.20. The largest absolute Gasteiger partial charge is 0.297 e. The summed E-state index contributed by atoms with van der Waals surface area (Å²) < 4.78 is 3.50. The van der Waals surface area contributed by atoms with Gasteiger partial charge in [-0.15, -0.1) is 28.1 Å². The molecule has 0 fully saturated rings. The van der Waals surface area contributed by atoms with Gasteiger partial charge in [-0.1, -0.05) is 49.4 Å². The lowest BCUT2D eigenvalue weighted by Gasteiger charge is -2.19. The van der Waals surface area contributed by atoms with Crippen molar-refractivity contribution in [1.29, 1.82) is 0 Å². The molecular formula is C23H26N6OS3. The van der Waals surface area contributed by atoms with Gasteiger partial charge in [0, 0.05) is 23.2 Å². The van der Waals surface area contributed by atoms with Crippen LogP contribution in [0.3, 0.4) is 0 Å². The molecule has 0 saturated carbocycles. The number of thiophene rings is 1. The van der Waals surface area contributed by atoms with E-state index in [9.17, 15) is 4.79 Å². The maximum atomic E-state index is 12.5. The topological polar surface area (TPSA) is 78.0 Å². The Labute approximate surface area is 204 Å². The summed E-state index contributed by atoms with van der Waals surface area (Å²) in [6.45, 7) is 8.87. The van der Waals surface area contributed by atoms with Gasteiger partial charge in [-0.05, 0) is 43.2 Å². The third-order valence-electron chi connectivity index (χ3n) is 6.00. The molecule has 1 unspecified atom stereocenters. The summed E-state index contributed by atoms with van der Waals surface area (Å²) in [6.07, 6.45) is 7.51. The van der Waals surface area contributed by atoms with Crippen LogP contribution in [0.4, 0.5) is 0 Å². The lowest BCUT2D eigenvalue weighted by molar-refractivity contribution is 0.449. The van der Waals surface area contributed by atoms with E-state index in [0.29, 0.717) is 17.3 Å². The van der Waals surface area contributed by atoms with E-state index in [1.807, 2.05) is 24.3 Å². The molecule has 4 aromatic rings. The van der Waals surface area contributed by atoms with Crippen LogP contribution in [0.1, 0.15) is 47.8 Å². The van der Waals surface area contributed by atoms with Crippen molar-refractivity contribution in [2.75, 3.05) is 0 Å². The first-order valence-electron chi connectivity index (χ1n) is 11.3. The molecule has 0 aromatic carbocycles. The van der Waals surface area contributed by atoms with E-state index >= 15 is 0 Å². The number of hydrogen-bond donors (Lipinski definition) is 0. The molecular weight excluding hydrogens is 472 g/mol. The zero-order valence-corrected chi connectivity index (χ0v) is 21.2. The fourth-order valence-electron chi connectivity index (χ4n) is 4.18. The molecule has 172 valence electrons. The van der Waals surface area contributed by atoms with Crippen LogP contribution in [0.25, 0.3) is 15.7 Å². The van der Waals surface area contributed by atoms with Gasteiger partial charge >= 0.3 is 0 Å². The average Bonchev–Trinajstić information content (AvgIpc) is 3.53. The van der Waals surface area contributed by atoms with Crippen LogP contribution in [0.15, 0.2) is 34.7 Å². The van der Waals surface area contributed by atoms with Crippen molar-refractivity contribution in [1.82, 2.24) is 29.4 Å². The van der Waals surface area contributed by atoms with Crippen LogP contribution in [-0.4, -0.2) is 29.4 Å². The Balaban J connectivity index is 1.40. The summed E-state index contributed by atoms with van der Waals surface area (Å²) in [5.41, 5.74) is 2.06. The first kappa shape index (κ1) is 22.5. The van der Waals surface area contributed by atoms with Gasteiger partial charge in [0.15, 0.2) is 11.0 Å². The minimum Gasteiger partial charge on any atom is -0.297 e. The number of hydrogen-bond acceptors (Lipinski definition) is 8. The smallest absolute Gasteiger partial charge is 0.275 e. The summed E-state index contributed by atoms with van der Waals surface area (Å²) >= 11 is 4.85. The van der Waals surface area contributed by atoms with Crippen LogP contribution >= 0.6 is 34.4 Å². The number of thioether (sulfide) groups is 1. The molecule has 0 aliphatic heterocycles. The molecule has 1 atom stereocenters. The fraction of sp³-hybridized carbons (Fsp3) is 0.435. The Morgan fingerprint density at radius 2 is 2.15 bits per heavy atom. The van der Waals surface area contributed by atoms with Gasteiger partial charge in [0.1, 0.15) is 5.01 Å². The van der Waals surface area contributed by atoms with Gasteiger partial charge in [-0.2, -0.15) is 9.61 Å². The van der Waals surface area contributed by atoms with Gasteiger partial charge < -0.3 is 0 Å². The summed E-state index contributed by atoms with van der Waals surface area (Å²) in [6, 6.07) is 3.87. The van der Waals surface area contributed by atoms with E-state index in [2.05, 4.69) is 44.4 Å². The summed E-state index contributed by atoms with van der Waals surface area (Å²) in [7, 11) is 0. The highest BCUT2D eigenvalue weighted by atomic mass is 32.2. The highest BCUT2D eigenvalue weighted by molar-refractivity contribution is 7.98. The molecule has 1 aliphatic rings. The Morgan fingerprint density at radius 3 is 2.94 bits per heavy atom. The van der Waals surface area contributed by atoms with Crippen LogP contribution < -0.4 is 5.56 Å². The SMILES string of the molecule is C=CCn1c(SCc2cc(=O)n3nc(CC)sc3n2)nnc1-c1cc2c(s1)CCC(CC)C2. The molecule has 0 amide bonds. The van der Waals surface area contributed by atoms with Crippen molar-refractivity contribution in [2.45, 2.75) is 63.4 Å². The molecule has 0 saturated heterocycles. The molecule has 4 heterocycles. The lowest BCUT2D eigenvalue weighted by Crippen LogP contribution is -2.15. The van der Waals surface area contributed by atoms with Crippen molar-refractivity contribution in [3.63, 3.8) is 0 Å². The number of aromatic nitrogens is 6. The number of aryl methyl sites for hydroxylation is 2. The van der Waals surface area contributed by atoms with E-state index in [0.717, 1.165) is 40.4 Å². The normalized spacial score (nSPS) is 15.8. The molecule has 4 aromatic heterocycles. The molecule has 0 bridgehead atoms. The predicted octanol–water partition coefficient (Wildman–Crippen LogP) is 5.03. The number of nitrogens with zero attached hydrogens (tertiary/aromatic N) is 6.